The van der Waals surface area contributed by atoms with Gasteiger partial charge in [0.15, 0.2) is 10.6 Å². The molecule has 1 aliphatic rings. The zero-order chi connectivity index (χ0) is 29.8. The summed E-state index contributed by atoms with van der Waals surface area (Å²) >= 11 is 8.29. The number of thiazole rings is 1. The van der Waals surface area contributed by atoms with E-state index in [9.17, 15) is 14.7 Å². The molecule has 0 saturated carbocycles. The highest BCUT2D eigenvalue weighted by molar-refractivity contribution is 7.22. The van der Waals surface area contributed by atoms with Crippen LogP contribution in [0.3, 0.4) is 0 Å². The van der Waals surface area contributed by atoms with E-state index in [1.165, 1.54) is 23.6 Å². The number of hydrogen-bond donors (Lipinski definition) is 1. The Morgan fingerprint density at radius 3 is 2.52 bits per heavy atom. The van der Waals surface area contributed by atoms with Crippen LogP contribution < -0.4 is 15.2 Å². The Bertz CT molecular complexity index is 1630. The lowest BCUT2D eigenvalue weighted by molar-refractivity contribution is 0.0695. The number of aromatic nitrogens is 2. The van der Waals surface area contributed by atoms with Crippen LogP contribution in [0.2, 0.25) is 5.02 Å². The zero-order valence-corrected chi connectivity index (χ0v) is 25.3. The Kier molecular flexibility index (Phi) is 9.44. The van der Waals surface area contributed by atoms with Crippen LogP contribution in [0.1, 0.15) is 16.8 Å². The SMILES string of the molecule is COCCN(CCOC)c1nc2ccc(-n3cc(C(=O)O)c(=O)cc3-c3ccc(N4CCC(OC)C4)c(Cl)c3)cc2s1. The third-order valence-corrected chi connectivity index (χ3v) is 8.77. The zero-order valence-electron chi connectivity index (χ0n) is 23.7. The number of benzene rings is 2. The fourth-order valence-corrected chi connectivity index (χ4v) is 6.44. The summed E-state index contributed by atoms with van der Waals surface area (Å²) < 4.78 is 18.7. The van der Waals surface area contributed by atoms with Gasteiger partial charge in [-0.05, 0) is 36.8 Å². The standard InChI is InChI=1S/C30H33ClN4O6S/c1-39-12-10-33(11-13-40-2)30-32-24-6-5-20(15-28(24)42-30)35-18-22(29(37)38)27(36)16-26(35)19-4-7-25(23(31)14-19)34-9-8-21(17-34)41-3/h4-7,14-16,18,21H,8-13,17H2,1-3H3,(H,37,38). The summed E-state index contributed by atoms with van der Waals surface area (Å²) in [6.07, 6.45) is 2.45. The number of carboxylic acids is 1. The van der Waals surface area contributed by atoms with E-state index in [1.54, 1.807) is 25.9 Å². The van der Waals surface area contributed by atoms with E-state index in [-0.39, 0.29) is 11.7 Å². The molecule has 42 heavy (non-hydrogen) atoms. The molecule has 1 fully saturated rings. The molecule has 1 unspecified atom stereocenters. The Labute approximate surface area is 252 Å². The van der Waals surface area contributed by atoms with Crippen LogP contribution in [0.5, 0.6) is 0 Å². The van der Waals surface area contributed by atoms with Crippen molar-refractivity contribution in [3.63, 3.8) is 0 Å². The third kappa shape index (κ3) is 6.30. The van der Waals surface area contributed by atoms with Crippen molar-refractivity contribution < 1.29 is 24.1 Å². The molecule has 0 spiro atoms. The Hall–Kier alpha value is -3.48. The number of fused-ring (bicyclic) bond motifs is 1. The molecule has 1 atom stereocenters. The first-order valence-electron chi connectivity index (χ1n) is 13.5. The number of pyridine rings is 1. The van der Waals surface area contributed by atoms with Crippen LogP contribution in [-0.4, -0.2) is 87.5 Å². The molecule has 2 aromatic carbocycles. The van der Waals surface area contributed by atoms with E-state index < -0.39 is 11.4 Å². The first-order chi connectivity index (χ1) is 20.3. The number of methoxy groups -OCH3 is 3. The first-order valence-corrected chi connectivity index (χ1v) is 14.7. The van der Waals surface area contributed by atoms with Crippen molar-refractivity contribution in [3.05, 3.63) is 69.5 Å². The number of rotatable bonds is 12. The molecule has 10 nitrogen and oxygen atoms in total. The minimum Gasteiger partial charge on any atom is -0.477 e. The minimum absolute atomic E-state index is 0.156. The van der Waals surface area contributed by atoms with Crippen molar-refractivity contribution in [2.24, 2.45) is 0 Å². The summed E-state index contributed by atoms with van der Waals surface area (Å²) in [6.45, 7) is 4.02. The number of halogens is 1. The summed E-state index contributed by atoms with van der Waals surface area (Å²) in [5.41, 5.74) is 2.71. The largest absolute Gasteiger partial charge is 0.477 e. The summed E-state index contributed by atoms with van der Waals surface area (Å²) in [5, 5.41) is 11.1. The van der Waals surface area contributed by atoms with Gasteiger partial charge in [-0.1, -0.05) is 29.0 Å². The van der Waals surface area contributed by atoms with Gasteiger partial charge in [0, 0.05) is 71.0 Å². The number of ether oxygens (including phenoxy) is 3. The average molecular weight is 613 g/mol. The molecule has 1 saturated heterocycles. The molecule has 5 rings (SSSR count). The highest BCUT2D eigenvalue weighted by Crippen LogP contribution is 2.35. The number of hydrogen-bond acceptors (Lipinski definition) is 9. The summed E-state index contributed by atoms with van der Waals surface area (Å²) in [5.74, 6) is -1.29. The predicted molar refractivity (Wildman–Crippen MR) is 166 cm³/mol. The van der Waals surface area contributed by atoms with Gasteiger partial charge >= 0.3 is 5.97 Å². The van der Waals surface area contributed by atoms with E-state index in [1.807, 2.05) is 36.4 Å². The number of carboxylic acid groups (broad SMARTS) is 1. The molecule has 0 radical (unpaired) electrons. The Morgan fingerprint density at radius 2 is 1.88 bits per heavy atom. The van der Waals surface area contributed by atoms with Crippen molar-refractivity contribution in [2.75, 3.05) is 70.5 Å². The lowest BCUT2D eigenvalue weighted by Crippen LogP contribution is -2.30. The molecule has 3 heterocycles. The van der Waals surface area contributed by atoms with Crippen LogP contribution in [-0.2, 0) is 14.2 Å². The fourth-order valence-electron chi connectivity index (χ4n) is 5.08. The van der Waals surface area contributed by atoms with E-state index in [4.69, 9.17) is 30.8 Å². The second-order valence-electron chi connectivity index (χ2n) is 9.99. The first kappa shape index (κ1) is 30.0. The van der Waals surface area contributed by atoms with Gasteiger partial charge in [0.05, 0.1) is 45.9 Å². The van der Waals surface area contributed by atoms with Crippen LogP contribution >= 0.6 is 22.9 Å². The Balaban J connectivity index is 1.56. The lowest BCUT2D eigenvalue weighted by atomic mass is 10.1. The van der Waals surface area contributed by atoms with Crippen LogP contribution in [0.25, 0.3) is 27.2 Å². The van der Waals surface area contributed by atoms with Crippen molar-refractivity contribution in [2.45, 2.75) is 12.5 Å². The maximum Gasteiger partial charge on any atom is 0.341 e. The quantitative estimate of drug-likeness (QED) is 0.242. The van der Waals surface area contributed by atoms with Gasteiger partial charge in [0.1, 0.15) is 5.56 Å². The number of carbonyl (C=O) groups is 1. The lowest BCUT2D eigenvalue weighted by Gasteiger charge is -2.21. The summed E-state index contributed by atoms with van der Waals surface area (Å²) in [6, 6.07) is 12.7. The van der Waals surface area contributed by atoms with Crippen molar-refractivity contribution in [1.29, 1.82) is 0 Å². The number of anilines is 2. The molecule has 1 aliphatic heterocycles. The van der Waals surface area contributed by atoms with E-state index in [0.717, 1.165) is 40.5 Å². The van der Waals surface area contributed by atoms with E-state index in [2.05, 4.69) is 9.80 Å². The normalized spacial score (nSPS) is 15.0. The van der Waals surface area contributed by atoms with Crippen molar-refractivity contribution in [3.8, 4) is 16.9 Å². The van der Waals surface area contributed by atoms with E-state index >= 15 is 0 Å². The molecule has 1 N–H and O–H groups in total. The maximum absolute atomic E-state index is 12.8. The van der Waals surface area contributed by atoms with E-state index in [0.29, 0.717) is 48.3 Å². The molecular formula is C30H33ClN4O6S. The van der Waals surface area contributed by atoms with Crippen molar-refractivity contribution >= 4 is 49.9 Å². The summed E-state index contributed by atoms with van der Waals surface area (Å²) in [4.78, 5) is 33.9. The van der Waals surface area contributed by atoms with Gasteiger partial charge < -0.3 is 33.7 Å². The van der Waals surface area contributed by atoms with Gasteiger partial charge in [-0.3, -0.25) is 4.79 Å². The van der Waals surface area contributed by atoms with Crippen LogP contribution in [0, 0.1) is 0 Å². The fraction of sp³-hybridized carbons (Fsp3) is 0.367. The second kappa shape index (κ2) is 13.2. The molecule has 4 aromatic rings. The second-order valence-corrected chi connectivity index (χ2v) is 11.4. The minimum atomic E-state index is -1.29. The van der Waals surface area contributed by atoms with Gasteiger partial charge in [0.2, 0.25) is 0 Å². The predicted octanol–water partition coefficient (Wildman–Crippen LogP) is 4.79. The smallest absolute Gasteiger partial charge is 0.341 e. The topological polar surface area (TPSA) is 106 Å². The van der Waals surface area contributed by atoms with Gasteiger partial charge in [-0.2, -0.15) is 0 Å². The maximum atomic E-state index is 12.8. The molecule has 222 valence electrons. The molecule has 2 aromatic heterocycles. The molecule has 12 heteroatoms. The molecule has 0 amide bonds. The number of aromatic carboxylic acids is 1. The Morgan fingerprint density at radius 1 is 1.12 bits per heavy atom. The average Bonchev–Trinajstić information content (AvgIpc) is 3.64. The van der Waals surface area contributed by atoms with Crippen LogP contribution in [0.4, 0.5) is 10.8 Å². The number of nitrogens with zero attached hydrogens (tertiary/aromatic N) is 4. The van der Waals surface area contributed by atoms with Gasteiger partial charge in [-0.15, -0.1) is 0 Å². The van der Waals surface area contributed by atoms with Crippen molar-refractivity contribution in [1.82, 2.24) is 9.55 Å². The van der Waals surface area contributed by atoms with Crippen LogP contribution in [0.15, 0.2) is 53.5 Å². The molecule has 0 bridgehead atoms. The highest BCUT2D eigenvalue weighted by atomic mass is 35.5. The monoisotopic (exact) mass is 612 g/mol. The van der Waals surface area contributed by atoms with Gasteiger partial charge in [0.25, 0.3) is 0 Å². The van der Waals surface area contributed by atoms with Gasteiger partial charge in [-0.25, -0.2) is 9.78 Å². The highest BCUT2D eigenvalue weighted by Gasteiger charge is 2.24. The summed E-state index contributed by atoms with van der Waals surface area (Å²) in [7, 11) is 5.04. The third-order valence-electron chi connectivity index (χ3n) is 7.38. The molecule has 0 aliphatic carbocycles. The molecular weight excluding hydrogens is 580 g/mol.